The van der Waals surface area contributed by atoms with E-state index in [9.17, 15) is 0 Å². The minimum atomic E-state index is 0.369. The number of anilines is 2. The van der Waals surface area contributed by atoms with Crippen LogP contribution in [0.3, 0.4) is 0 Å². The third-order valence-electron chi connectivity index (χ3n) is 3.83. The highest BCUT2D eigenvalue weighted by Gasteiger charge is 2.18. The summed E-state index contributed by atoms with van der Waals surface area (Å²) >= 11 is 0. The van der Waals surface area contributed by atoms with Gasteiger partial charge in [0.25, 0.3) is 0 Å². The first-order valence-corrected chi connectivity index (χ1v) is 7.01. The van der Waals surface area contributed by atoms with E-state index in [1.807, 2.05) is 0 Å². The lowest BCUT2D eigenvalue weighted by Crippen LogP contribution is -2.37. The summed E-state index contributed by atoms with van der Waals surface area (Å²) in [5, 5.41) is 4.00. The first-order chi connectivity index (χ1) is 10.2. The summed E-state index contributed by atoms with van der Waals surface area (Å²) in [6, 6.07) is 2.11. The molecule has 21 heavy (non-hydrogen) atoms. The second-order valence-corrected chi connectivity index (χ2v) is 5.36. The van der Waals surface area contributed by atoms with E-state index < -0.39 is 0 Å². The average Bonchev–Trinajstić information content (AvgIpc) is 2.49. The van der Waals surface area contributed by atoms with Gasteiger partial charge in [0.2, 0.25) is 5.95 Å². The van der Waals surface area contributed by atoms with E-state index in [0.717, 1.165) is 25.9 Å². The molecule has 1 fully saturated rings. The third-order valence-corrected chi connectivity index (χ3v) is 3.83. The van der Waals surface area contributed by atoms with Crippen LogP contribution in [-0.2, 0) is 0 Å². The zero-order valence-corrected chi connectivity index (χ0v) is 12.0. The molecule has 3 N–H and O–H groups in total. The molecular weight excluding hydrogens is 264 g/mol. The zero-order chi connectivity index (χ0) is 14.8. The van der Waals surface area contributed by atoms with Gasteiger partial charge in [0, 0.05) is 17.8 Å². The largest absolute Gasteiger partial charge is 0.383 e. The molecule has 0 atom stereocenters. The second-order valence-electron chi connectivity index (χ2n) is 5.36. The second kappa shape index (κ2) is 5.54. The Labute approximate surface area is 123 Å². The lowest BCUT2D eigenvalue weighted by atomic mass is 10.1. The minimum Gasteiger partial charge on any atom is -0.383 e. The highest BCUT2D eigenvalue weighted by molar-refractivity contribution is 5.91. The molecule has 1 saturated heterocycles. The number of nitrogen functional groups attached to an aromatic ring is 1. The van der Waals surface area contributed by atoms with E-state index in [-0.39, 0.29) is 0 Å². The Morgan fingerprint density at radius 3 is 2.86 bits per heavy atom. The predicted molar refractivity (Wildman–Crippen MR) is 83.8 cm³/mol. The summed E-state index contributed by atoms with van der Waals surface area (Å²) in [7, 11) is 2.13. The number of fused-ring (bicyclic) bond motifs is 1. The van der Waals surface area contributed by atoms with E-state index in [2.05, 4.69) is 38.1 Å². The third kappa shape index (κ3) is 2.73. The molecule has 3 rings (SSSR count). The summed E-state index contributed by atoms with van der Waals surface area (Å²) in [5.41, 5.74) is 7.23. The van der Waals surface area contributed by atoms with Crippen molar-refractivity contribution in [3.63, 3.8) is 0 Å². The quantitative estimate of drug-likeness (QED) is 0.803. The van der Waals surface area contributed by atoms with Crippen LogP contribution < -0.4 is 11.1 Å². The molecule has 108 valence electrons. The summed E-state index contributed by atoms with van der Waals surface area (Å²) in [6.45, 7) is 2.14. The van der Waals surface area contributed by atoms with Crippen molar-refractivity contribution in [3.8, 4) is 12.3 Å². The Bertz CT molecular complexity index is 697. The van der Waals surface area contributed by atoms with Gasteiger partial charge in [-0.25, -0.2) is 4.98 Å². The molecule has 0 spiro atoms. The molecule has 0 amide bonds. The van der Waals surface area contributed by atoms with Crippen molar-refractivity contribution in [2.75, 3.05) is 31.2 Å². The minimum absolute atomic E-state index is 0.369. The Morgan fingerprint density at radius 1 is 1.38 bits per heavy atom. The van der Waals surface area contributed by atoms with Crippen molar-refractivity contribution >= 4 is 22.8 Å². The molecule has 1 aliphatic rings. The topological polar surface area (TPSA) is 80.0 Å². The van der Waals surface area contributed by atoms with Crippen LogP contribution in [0.5, 0.6) is 0 Å². The van der Waals surface area contributed by atoms with Gasteiger partial charge in [-0.05, 0) is 39.0 Å². The Kier molecular flexibility index (Phi) is 3.59. The Hall–Kier alpha value is -2.39. The van der Waals surface area contributed by atoms with Crippen LogP contribution in [-0.4, -0.2) is 46.0 Å². The van der Waals surface area contributed by atoms with Crippen LogP contribution >= 0.6 is 0 Å². The van der Waals surface area contributed by atoms with E-state index in [1.54, 1.807) is 12.3 Å². The standard InChI is InChI=1S/C15H18N6/c1-3-10-4-7-17-14-12(10)13(16)19-15(20-14)18-11-5-8-21(2)9-6-11/h1,4,7,11H,5-6,8-9H2,2H3,(H3,16,17,18,19,20). The monoisotopic (exact) mass is 282 g/mol. The Balaban J connectivity index is 1.89. The van der Waals surface area contributed by atoms with Crippen LogP contribution in [0, 0.1) is 12.3 Å². The molecule has 0 saturated carbocycles. The van der Waals surface area contributed by atoms with Crippen LogP contribution in [0.25, 0.3) is 11.0 Å². The molecule has 0 radical (unpaired) electrons. The smallest absolute Gasteiger partial charge is 0.226 e. The number of nitrogens with one attached hydrogen (secondary N) is 1. The van der Waals surface area contributed by atoms with Crippen molar-refractivity contribution in [2.24, 2.45) is 0 Å². The van der Waals surface area contributed by atoms with Crippen LogP contribution in [0.2, 0.25) is 0 Å². The Morgan fingerprint density at radius 2 is 2.14 bits per heavy atom. The SMILES string of the molecule is C#Cc1ccnc2nc(NC3CCN(C)CC3)nc(N)c12. The lowest BCUT2D eigenvalue weighted by Gasteiger charge is -2.29. The number of pyridine rings is 1. The first kappa shape index (κ1) is 13.6. The van der Waals surface area contributed by atoms with Gasteiger partial charge in [-0.2, -0.15) is 9.97 Å². The molecule has 0 aliphatic carbocycles. The maximum absolute atomic E-state index is 6.03. The summed E-state index contributed by atoms with van der Waals surface area (Å²) in [5.74, 6) is 3.49. The highest BCUT2D eigenvalue weighted by atomic mass is 15.2. The summed E-state index contributed by atoms with van der Waals surface area (Å²) < 4.78 is 0. The van der Waals surface area contributed by atoms with Crippen LogP contribution in [0.1, 0.15) is 18.4 Å². The number of aromatic nitrogens is 3. The molecule has 0 unspecified atom stereocenters. The highest BCUT2D eigenvalue weighted by Crippen LogP contribution is 2.22. The number of rotatable bonds is 2. The zero-order valence-electron chi connectivity index (χ0n) is 12.0. The molecule has 3 heterocycles. The maximum Gasteiger partial charge on any atom is 0.226 e. The fourth-order valence-corrected chi connectivity index (χ4v) is 2.60. The molecule has 2 aromatic rings. The number of hydrogen-bond donors (Lipinski definition) is 2. The summed E-state index contributed by atoms with van der Waals surface area (Å²) in [6.07, 6.45) is 9.25. The van der Waals surface area contributed by atoms with Gasteiger partial charge < -0.3 is 16.0 Å². The summed E-state index contributed by atoms with van der Waals surface area (Å²) in [4.78, 5) is 15.3. The fraction of sp³-hybridized carbons (Fsp3) is 0.400. The number of nitrogens with zero attached hydrogens (tertiary/aromatic N) is 4. The van der Waals surface area contributed by atoms with Crippen molar-refractivity contribution in [1.82, 2.24) is 19.9 Å². The van der Waals surface area contributed by atoms with Crippen molar-refractivity contribution in [3.05, 3.63) is 17.8 Å². The van der Waals surface area contributed by atoms with E-state index >= 15 is 0 Å². The molecular formula is C15H18N6. The number of piperidine rings is 1. The van der Waals surface area contributed by atoms with Gasteiger partial charge in [-0.3, -0.25) is 0 Å². The predicted octanol–water partition coefficient (Wildman–Crippen LogP) is 1.09. The molecule has 1 aliphatic heterocycles. The normalized spacial score (nSPS) is 16.8. The maximum atomic E-state index is 6.03. The lowest BCUT2D eigenvalue weighted by molar-refractivity contribution is 0.263. The van der Waals surface area contributed by atoms with Crippen molar-refractivity contribution in [2.45, 2.75) is 18.9 Å². The van der Waals surface area contributed by atoms with E-state index in [0.29, 0.717) is 34.4 Å². The van der Waals surface area contributed by atoms with Crippen LogP contribution in [0.15, 0.2) is 12.3 Å². The average molecular weight is 282 g/mol. The van der Waals surface area contributed by atoms with Crippen molar-refractivity contribution in [1.29, 1.82) is 0 Å². The van der Waals surface area contributed by atoms with Gasteiger partial charge in [0.05, 0.1) is 5.39 Å². The van der Waals surface area contributed by atoms with Gasteiger partial charge >= 0.3 is 0 Å². The first-order valence-electron chi connectivity index (χ1n) is 7.01. The van der Waals surface area contributed by atoms with E-state index in [1.165, 1.54) is 0 Å². The van der Waals surface area contributed by atoms with Gasteiger partial charge in [0.15, 0.2) is 5.65 Å². The van der Waals surface area contributed by atoms with Crippen LogP contribution in [0.4, 0.5) is 11.8 Å². The van der Waals surface area contributed by atoms with Gasteiger partial charge in [-0.15, -0.1) is 6.42 Å². The molecule has 6 heteroatoms. The van der Waals surface area contributed by atoms with Crippen molar-refractivity contribution < 1.29 is 0 Å². The van der Waals surface area contributed by atoms with E-state index in [4.69, 9.17) is 12.2 Å². The number of terminal acetylenes is 1. The molecule has 2 aromatic heterocycles. The molecule has 0 aromatic carbocycles. The number of nitrogens with two attached hydrogens (primary N) is 1. The fourth-order valence-electron chi connectivity index (χ4n) is 2.60. The van der Waals surface area contributed by atoms with Gasteiger partial charge in [-0.1, -0.05) is 5.92 Å². The number of hydrogen-bond acceptors (Lipinski definition) is 6. The molecule has 6 nitrogen and oxygen atoms in total. The number of likely N-dealkylation sites (tertiary alicyclic amines) is 1. The van der Waals surface area contributed by atoms with Gasteiger partial charge in [0.1, 0.15) is 5.82 Å². The molecule has 0 bridgehead atoms.